The molecular formula is C12H17NO5S. The molecule has 0 saturated carbocycles. The summed E-state index contributed by atoms with van der Waals surface area (Å²) in [5, 5.41) is 8.56. The molecule has 1 aromatic carbocycles. The first-order chi connectivity index (χ1) is 8.93. The fourth-order valence-corrected chi connectivity index (χ4v) is 2.40. The van der Waals surface area contributed by atoms with Gasteiger partial charge < -0.3 is 9.84 Å². The highest BCUT2D eigenvalue weighted by atomic mass is 32.2. The van der Waals surface area contributed by atoms with Crippen molar-refractivity contribution in [3.8, 4) is 0 Å². The van der Waals surface area contributed by atoms with E-state index in [0.29, 0.717) is 12.1 Å². The Labute approximate surface area is 112 Å². The number of carboxylic acids is 1. The number of aliphatic carboxylic acids is 1. The van der Waals surface area contributed by atoms with Crippen molar-refractivity contribution in [1.82, 2.24) is 0 Å². The number of hydrogen-bond donors (Lipinski definition) is 2. The molecule has 0 amide bonds. The largest absolute Gasteiger partial charge is 0.481 e. The maximum atomic E-state index is 11.6. The number of carbonyl (C=O) groups is 1. The van der Waals surface area contributed by atoms with Gasteiger partial charge in [0, 0.05) is 19.2 Å². The van der Waals surface area contributed by atoms with E-state index in [1.807, 2.05) is 0 Å². The Bertz CT molecular complexity index is 509. The van der Waals surface area contributed by atoms with E-state index in [1.165, 1.54) is 7.11 Å². The molecule has 0 saturated heterocycles. The molecule has 0 unspecified atom stereocenters. The molecule has 0 bridgehead atoms. The van der Waals surface area contributed by atoms with Gasteiger partial charge in [-0.05, 0) is 24.1 Å². The normalized spacial score (nSPS) is 11.2. The number of anilines is 1. The van der Waals surface area contributed by atoms with E-state index >= 15 is 0 Å². The number of nitrogens with one attached hydrogen (secondary N) is 1. The minimum absolute atomic E-state index is 0.0545. The highest BCUT2D eigenvalue weighted by Gasteiger charge is 2.09. The summed E-state index contributed by atoms with van der Waals surface area (Å²) in [5.41, 5.74) is 1.30. The van der Waals surface area contributed by atoms with Crippen LogP contribution in [0.2, 0.25) is 0 Å². The zero-order chi connectivity index (χ0) is 14.3. The number of hydrogen-bond acceptors (Lipinski definition) is 4. The van der Waals surface area contributed by atoms with Crippen molar-refractivity contribution in [3.05, 3.63) is 29.8 Å². The minimum Gasteiger partial charge on any atom is -0.481 e. The van der Waals surface area contributed by atoms with Crippen molar-refractivity contribution < 1.29 is 23.1 Å². The van der Waals surface area contributed by atoms with Crippen molar-refractivity contribution in [1.29, 1.82) is 0 Å². The Hall–Kier alpha value is -1.60. The Morgan fingerprint density at radius 1 is 1.32 bits per heavy atom. The summed E-state index contributed by atoms with van der Waals surface area (Å²) in [4.78, 5) is 10.4. The van der Waals surface area contributed by atoms with E-state index in [4.69, 9.17) is 9.84 Å². The monoisotopic (exact) mass is 287 g/mol. The molecule has 0 radical (unpaired) electrons. The second-order valence-corrected chi connectivity index (χ2v) is 5.85. The highest BCUT2D eigenvalue weighted by molar-refractivity contribution is 7.92. The Balaban J connectivity index is 2.59. The van der Waals surface area contributed by atoms with Crippen LogP contribution in [0.5, 0.6) is 0 Å². The predicted octanol–water partition coefficient (Wildman–Crippen LogP) is 1.09. The van der Waals surface area contributed by atoms with E-state index in [9.17, 15) is 13.2 Å². The first-order valence-corrected chi connectivity index (χ1v) is 7.38. The molecule has 1 aromatic rings. The summed E-state index contributed by atoms with van der Waals surface area (Å²) in [6.45, 7) is 0.131. The molecule has 0 spiro atoms. The number of rotatable bonds is 8. The van der Waals surface area contributed by atoms with Crippen molar-refractivity contribution in [2.75, 3.05) is 24.2 Å². The molecule has 0 aliphatic heterocycles. The van der Waals surface area contributed by atoms with E-state index in [2.05, 4.69) is 4.72 Å². The summed E-state index contributed by atoms with van der Waals surface area (Å²) in [5.74, 6) is -0.964. The molecule has 1 rings (SSSR count). The third-order valence-corrected chi connectivity index (χ3v) is 3.66. The molecule has 106 valence electrons. The van der Waals surface area contributed by atoms with Crippen molar-refractivity contribution in [2.45, 2.75) is 12.8 Å². The number of ether oxygens (including phenoxy) is 1. The first-order valence-electron chi connectivity index (χ1n) is 5.73. The number of benzene rings is 1. The molecule has 0 heterocycles. The maximum Gasteiger partial charge on any atom is 0.303 e. The lowest BCUT2D eigenvalue weighted by atomic mass is 10.1. The van der Waals surface area contributed by atoms with Crippen LogP contribution < -0.4 is 4.72 Å². The molecule has 0 aliphatic carbocycles. The SMILES string of the molecule is COCCS(=O)(=O)Nc1ccc(CCC(=O)O)cc1. The van der Waals surface area contributed by atoms with Gasteiger partial charge in [0.15, 0.2) is 0 Å². The summed E-state index contributed by atoms with van der Waals surface area (Å²) in [7, 11) is -1.97. The Morgan fingerprint density at radius 3 is 2.47 bits per heavy atom. The van der Waals surface area contributed by atoms with Gasteiger partial charge in [0.1, 0.15) is 0 Å². The number of sulfonamides is 1. The van der Waals surface area contributed by atoms with Crippen LogP contribution in [0.1, 0.15) is 12.0 Å². The molecule has 0 aliphatic rings. The Morgan fingerprint density at radius 2 is 1.95 bits per heavy atom. The molecule has 6 nitrogen and oxygen atoms in total. The van der Waals surface area contributed by atoms with Crippen LogP contribution in [0.3, 0.4) is 0 Å². The van der Waals surface area contributed by atoms with Gasteiger partial charge in [0.05, 0.1) is 12.4 Å². The quantitative estimate of drug-likeness (QED) is 0.746. The Kier molecular flexibility index (Phi) is 5.78. The predicted molar refractivity (Wildman–Crippen MR) is 71.7 cm³/mol. The van der Waals surface area contributed by atoms with Crippen LogP contribution in [-0.4, -0.2) is 39.0 Å². The zero-order valence-corrected chi connectivity index (χ0v) is 11.4. The summed E-state index contributed by atoms with van der Waals surface area (Å²) < 4.78 is 30.3. The van der Waals surface area contributed by atoms with Crippen LogP contribution >= 0.6 is 0 Å². The molecule has 2 N–H and O–H groups in total. The molecular weight excluding hydrogens is 270 g/mol. The van der Waals surface area contributed by atoms with Crippen LogP contribution in [-0.2, 0) is 26.0 Å². The van der Waals surface area contributed by atoms with E-state index in [0.717, 1.165) is 5.56 Å². The molecule has 19 heavy (non-hydrogen) atoms. The lowest BCUT2D eigenvalue weighted by Crippen LogP contribution is -2.19. The maximum absolute atomic E-state index is 11.6. The van der Waals surface area contributed by atoms with Gasteiger partial charge in [0.25, 0.3) is 0 Å². The fraction of sp³-hybridized carbons (Fsp3) is 0.417. The number of carboxylic acid groups (broad SMARTS) is 1. The van der Waals surface area contributed by atoms with E-state index < -0.39 is 16.0 Å². The van der Waals surface area contributed by atoms with Gasteiger partial charge in [0.2, 0.25) is 10.0 Å². The van der Waals surface area contributed by atoms with Crippen LogP contribution in [0, 0.1) is 0 Å². The standard InChI is InChI=1S/C12H17NO5S/c1-18-8-9-19(16,17)13-11-5-2-10(3-6-11)4-7-12(14)15/h2-3,5-6,13H,4,7-9H2,1H3,(H,14,15). The number of methoxy groups -OCH3 is 1. The lowest BCUT2D eigenvalue weighted by Gasteiger charge is -2.08. The van der Waals surface area contributed by atoms with E-state index in [-0.39, 0.29) is 18.8 Å². The lowest BCUT2D eigenvalue weighted by molar-refractivity contribution is -0.136. The van der Waals surface area contributed by atoms with Gasteiger partial charge >= 0.3 is 5.97 Å². The highest BCUT2D eigenvalue weighted by Crippen LogP contribution is 2.12. The van der Waals surface area contributed by atoms with Crippen LogP contribution in [0.15, 0.2) is 24.3 Å². The van der Waals surface area contributed by atoms with E-state index in [1.54, 1.807) is 24.3 Å². The third-order valence-electron chi connectivity index (χ3n) is 2.41. The van der Waals surface area contributed by atoms with Crippen LogP contribution in [0.4, 0.5) is 5.69 Å². The topological polar surface area (TPSA) is 92.7 Å². The van der Waals surface area contributed by atoms with Gasteiger partial charge in [-0.3, -0.25) is 9.52 Å². The smallest absolute Gasteiger partial charge is 0.303 e. The minimum atomic E-state index is -3.40. The zero-order valence-electron chi connectivity index (χ0n) is 10.6. The average molecular weight is 287 g/mol. The van der Waals surface area contributed by atoms with Gasteiger partial charge in [-0.2, -0.15) is 0 Å². The molecule has 0 aromatic heterocycles. The number of aryl methyl sites for hydroxylation is 1. The molecule has 7 heteroatoms. The second-order valence-electron chi connectivity index (χ2n) is 4.00. The van der Waals surface area contributed by atoms with Gasteiger partial charge in [-0.15, -0.1) is 0 Å². The summed E-state index contributed by atoms with van der Waals surface area (Å²) >= 11 is 0. The van der Waals surface area contributed by atoms with Gasteiger partial charge in [-0.1, -0.05) is 12.1 Å². The van der Waals surface area contributed by atoms with Crippen molar-refractivity contribution >= 4 is 21.7 Å². The van der Waals surface area contributed by atoms with Crippen molar-refractivity contribution in [3.63, 3.8) is 0 Å². The van der Waals surface area contributed by atoms with Crippen molar-refractivity contribution in [2.24, 2.45) is 0 Å². The summed E-state index contributed by atoms with van der Waals surface area (Å²) in [6, 6.07) is 6.64. The van der Waals surface area contributed by atoms with Gasteiger partial charge in [-0.25, -0.2) is 8.42 Å². The third kappa shape index (κ3) is 6.21. The fourth-order valence-electron chi connectivity index (χ4n) is 1.41. The average Bonchev–Trinajstić information content (AvgIpc) is 2.35. The molecule has 0 atom stereocenters. The molecule has 0 fully saturated rings. The summed E-state index contributed by atoms with van der Waals surface area (Å²) in [6.07, 6.45) is 0.477. The second kappa shape index (κ2) is 7.10. The van der Waals surface area contributed by atoms with Crippen LogP contribution in [0.25, 0.3) is 0 Å². The first kappa shape index (κ1) is 15.5.